The van der Waals surface area contributed by atoms with Gasteiger partial charge < -0.3 is 14.4 Å². The van der Waals surface area contributed by atoms with Crippen LogP contribution < -0.4 is 0 Å². The molecule has 0 aromatic heterocycles. The third-order valence-electron chi connectivity index (χ3n) is 3.15. The van der Waals surface area contributed by atoms with Gasteiger partial charge in [0.15, 0.2) is 5.57 Å². The van der Waals surface area contributed by atoms with Crippen molar-refractivity contribution in [2.45, 2.75) is 40.0 Å². The van der Waals surface area contributed by atoms with Crippen molar-refractivity contribution in [1.82, 2.24) is 4.90 Å². The van der Waals surface area contributed by atoms with E-state index in [0.717, 1.165) is 25.9 Å². The SMILES string of the molecule is CCOC(=O)C(C(=O)OCC)=C(C)N1CCCCC1. The molecule has 0 saturated carbocycles. The third kappa shape index (κ3) is 4.26. The maximum absolute atomic E-state index is 11.9. The predicted molar refractivity (Wildman–Crippen MR) is 71.4 cm³/mol. The average Bonchev–Trinajstić information content (AvgIpc) is 2.40. The summed E-state index contributed by atoms with van der Waals surface area (Å²) in [5.41, 5.74) is 0.696. The molecular weight excluding hydrogens is 246 g/mol. The van der Waals surface area contributed by atoms with Crippen molar-refractivity contribution in [1.29, 1.82) is 0 Å². The third-order valence-corrected chi connectivity index (χ3v) is 3.15. The largest absolute Gasteiger partial charge is 0.462 e. The number of hydrogen-bond donors (Lipinski definition) is 0. The minimum atomic E-state index is -0.593. The van der Waals surface area contributed by atoms with Crippen LogP contribution in [0.25, 0.3) is 0 Å². The molecule has 1 saturated heterocycles. The highest BCUT2D eigenvalue weighted by Crippen LogP contribution is 2.19. The zero-order chi connectivity index (χ0) is 14.3. The van der Waals surface area contributed by atoms with Gasteiger partial charge in [-0.05, 0) is 40.0 Å². The Kier molecular flexibility index (Phi) is 6.39. The molecule has 19 heavy (non-hydrogen) atoms. The van der Waals surface area contributed by atoms with Crippen LogP contribution in [-0.4, -0.2) is 43.1 Å². The summed E-state index contributed by atoms with van der Waals surface area (Å²) in [5, 5.41) is 0. The number of likely N-dealkylation sites (tertiary alicyclic amines) is 1. The number of hydrogen-bond acceptors (Lipinski definition) is 5. The minimum absolute atomic E-state index is 0.0330. The summed E-state index contributed by atoms with van der Waals surface area (Å²) in [5.74, 6) is -1.19. The molecule has 1 fully saturated rings. The van der Waals surface area contributed by atoms with E-state index in [0.29, 0.717) is 5.70 Å². The fraction of sp³-hybridized carbons (Fsp3) is 0.714. The first-order chi connectivity index (χ1) is 9.11. The van der Waals surface area contributed by atoms with E-state index in [-0.39, 0.29) is 18.8 Å². The first-order valence-corrected chi connectivity index (χ1v) is 6.91. The van der Waals surface area contributed by atoms with Gasteiger partial charge in [0.2, 0.25) is 0 Å². The Morgan fingerprint density at radius 2 is 1.42 bits per heavy atom. The van der Waals surface area contributed by atoms with Crippen molar-refractivity contribution in [3.05, 3.63) is 11.3 Å². The molecule has 0 aromatic rings. The smallest absolute Gasteiger partial charge is 0.347 e. The Labute approximate surface area is 114 Å². The molecule has 1 heterocycles. The fourth-order valence-electron chi connectivity index (χ4n) is 2.17. The first kappa shape index (κ1) is 15.5. The zero-order valence-corrected chi connectivity index (χ0v) is 12.0. The van der Waals surface area contributed by atoms with Gasteiger partial charge in [0.05, 0.1) is 13.2 Å². The van der Waals surface area contributed by atoms with E-state index >= 15 is 0 Å². The van der Waals surface area contributed by atoms with Crippen LogP contribution in [0.2, 0.25) is 0 Å². The van der Waals surface area contributed by atoms with Crippen molar-refractivity contribution in [2.24, 2.45) is 0 Å². The second-order valence-electron chi connectivity index (χ2n) is 4.45. The van der Waals surface area contributed by atoms with Crippen molar-refractivity contribution >= 4 is 11.9 Å². The van der Waals surface area contributed by atoms with Gasteiger partial charge in [-0.25, -0.2) is 9.59 Å². The molecule has 1 rings (SSSR count). The van der Waals surface area contributed by atoms with E-state index in [4.69, 9.17) is 9.47 Å². The number of carbonyl (C=O) groups is 2. The van der Waals surface area contributed by atoms with Crippen molar-refractivity contribution in [2.75, 3.05) is 26.3 Å². The van der Waals surface area contributed by atoms with Gasteiger partial charge in [-0.15, -0.1) is 0 Å². The van der Waals surface area contributed by atoms with Gasteiger partial charge in [-0.2, -0.15) is 0 Å². The second-order valence-corrected chi connectivity index (χ2v) is 4.45. The van der Waals surface area contributed by atoms with E-state index in [1.54, 1.807) is 20.8 Å². The molecule has 5 heteroatoms. The lowest BCUT2D eigenvalue weighted by Gasteiger charge is -2.30. The molecule has 0 amide bonds. The lowest BCUT2D eigenvalue weighted by atomic mass is 10.1. The highest BCUT2D eigenvalue weighted by Gasteiger charge is 2.27. The van der Waals surface area contributed by atoms with Crippen LogP contribution in [0, 0.1) is 0 Å². The molecule has 0 radical (unpaired) electrons. The van der Waals surface area contributed by atoms with Crippen molar-refractivity contribution < 1.29 is 19.1 Å². The van der Waals surface area contributed by atoms with Gasteiger partial charge in [0, 0.05) is 18.8 Å². The first-order valence-electron chi connectivity index (χ1n) is 6.91. The number of carbonyl (C=O) groups excluding carboxylic acids is 2. The Hall–Kier alpha value is -1.52. The topological polar surface area (TPSA) is 55.8 Å². The Morgan fingerprint density at radius 1 is 0.947 bits per heavy atom. The van der Waals surface area contributed by atoms with Gasteiger partial charge in [0.25, 0.3) is 0 Å². The highest BCUT2D eigenvalue weighted by molar-refractivity contribution is 6.14. The maximum Gasteiger partial charge on any atom is 0.347 e. The van der Waals surface area contributed by atoms with Gasteiger partial charge in [0.1, 0.15) is 0 Å². The quantitative estimate of drug-likeness (QED) is 0.330. The highest BCUT2D eigenvalue weighted by atomic mass is 16.6. The molecule has 0 bridgehead atoms. The van der Waals surface area contributed by atoms with Gasteiger partial charge in [-0.3, -0.25) is 0 Å². The normalized spacial score (nSPS) is 14.8. The molecule has 1 aliphatic rings. The van der Waals surface area contributed by atoms with Gasteiger partial charge in [-0.1, -0.05) is 0 Å². The van der Waals surface area contributed by atoms with Crippen LogP contribution in [0.4, 0.5) is 0 Å². The lowest BCUT2D eigenvalue weighted by Crippen LogP contribution is -2.32. The Bertz CT molecular complexity index is 336. The number of allylic oxidation sites excluding steroid dienone is 1. The second kappa shape index (κ2) is 7.81. The van der Waals surface area contributed by atoms with E-state index in [2.05, 4.69) is 4.90 Å². The Balaban J connectivity index is 2.97. The van der Waals surface area contributed by atoms with Gasteiger partial charge >= 0.3 is 11.9 Å². The predicted octanol–water partition coefficient (Wildman–Crippen LogP) is 1.87. The summed E-state index contributed by atoms with van der Waals surface area (Å²) < 4.78 is 9.92. The molecule has 108 valence electrons. The number of esters is 2. The van der Waals surface area contributed by atoms with Crippen molar-refractivity contribution in [3.63, 3.8) is 0 Å². The number of nitrogens with zero attached hydrogens (tertiary/aromatic N) is 1. The molecular formula is C14H23NO4. The number of ether oxygens (including phenoxy) is 2. The number of piperidine rings is 1. The molecule has 5 nitrogen and oxygen atoms in total. The summed E-state index contributed by atoms with van der Waals surface area (Å²) in [6, 6.07) is 0. The standard InChI is InChI=1S/C14H23NO4/c1-4-18-13(16)12(14(17)19-5-2)11(3)15-9-7-6-8-10-15/h4-10H2,1-3H3. The van der Waals surface area contributed by atoms with Crippen LogP contribution in [0.15, 0.2) is 11.3 Å². The molecule has 0 aromatic carbocycles. The molecule has 0 atom stereocenters. The van der Waals surface area contributed by atoms with Crippen LogP contribution in [0.5, 0.6) is 0 Å². The van der Waals surface area contributed by atoms with Crippen LogP contribution in [0.3, 0.4) is 0 Å². The Morgan fingerprint density at radius 3 is 1.84 bits per heavy atom. The van der Waals surface area contributed by atoms with Crippen LogP contribution in [0.1, 0.15) is 40.0 Å². The summed E-state index contributed by atoms with van der Waals surface area (Å²) in [4.78, 5) is 25.9. The zero-order valence-electron chi connectivity index (χ0n) is 12.0. The van der Waals surface area contributed by atoms with Crippen LogP contribution in [-0.2, 0) is 19.1 Å². The average molecular weight is 269 g/mol. The minimum Gasteiger partial charge on any atom is -0.462 e. The van der Waals surface area contributed by atoms with E-state index in [9.17, 15) is 9.59 Å². The summed E-state index contributed by atoms with van der Waals surface area (Å²) in [6.07, 6.45) is 3.35. The van der Waals surface area contributed by atoms with Crippen LogP contribution >= 0.6 is 0 Å². The van der Waals surface area contributed by atoms with Crippen molar-refractivity contribution in [3.8, 4) is 0 Å². The molecule has 0 unspecified atom stereocenters. The van der Waals surface area contributed by atoms with E-state index < -0.39 is 11.9 Å². The summed E-state index contributed by atoms with van der Waals surface area (Å²) >= 11 is 0. The summed E-state index contributed by atoms with van der Waals surface area (Å²) in [7, 11) is 0. The fourth-order valence-corrected chi connectivity index (χ4v) is 2.17. The molecule has 0 spiro atoms. The molecule has 0 N–H and O–H groups in total. The number of rotatable bonds is 5. The van der Waals surface area contributed by atoms with E-state index in [1.807, 2.05) is 0 Å². The monoisotopic (exact) mass is 269 g/mol. The molecule has 1 aliphatic heterocycles. The summed E-state index contributed by atoms with van der Waals surface area (Å²) in [6.45, 7) is 7.45. The maximum atomic E-state index is 11.9. The van der Waals surface area contributed by atoms with E-state index in [1.165, 1.54) is 6.42 Å². The molecule has 0 aliphatic carbocycles. The lowest BCUT2D eigenvalue weighted by molar-refractivity contribution is -0.146.